The van der Waals surface area contributed by atoms with Crippen LogP contribution in [0.5, 0.6) is 5.75 Å². The average Bonchev–Trinajstić information content (AvgIpc) is 3.24. The second kappa shape index (κ2) is 13.8. The van der Waals surface area contributed by atoms with E-state index in [1.54, 1.807) is 12.0 Å². The highest BCUT2D eigenvalue weighted by atomic mass is 16.6. The molecule has 1 aliphatic rings. The summed E-state index contributed by atoms with van der Waals surface area (Å²) < 4.78 is 15.7. The molecule has 1 fully saturated rings. The summed E-state index contributed by atoms with van der Waals surface area (Å²) in [5, 5.41) is 6.89. The Morgan fingerprint density at radius 1 is 1.24 bits per heavy atom. The van der Waals surface area contributed by atoms with Crippen molar-refractivity contribution in [3.8, 4) is 5.75 Å². The van der Waals surface area contributed by atoms with E-state index in [1.165, 1.54) is 11.6 Å². The fourth-order valence-electron chi connectivity index (χ4n) is 2.45. The van der Waals surface area contributed by atoms with Crippen LogP contribution in [-0.4, -0.2) is 49.4 Å². The third-order valence-electron chi connectivity index (χ3n) is 3.79. The van der Waals surface area contributed by atoms with Crippen LogP contribution in [0.3, 0.4) is 0 Å². The Bertz CT molecular complexity index is 733. The first-order valence-corrected chi connectivity index (χ1v) is 8.96. The molecule has 1 unspecified atom stereocenters. The smallest absolute Gasteiger partial charge is 0.412 e. The molecule has 1 saturated heterocycles. The van der Waals surface area contributed by atoms with E-state index >= 15 is 0 Å². The first kappa shape index (κ1) is 23.7. The Morgan fingerprint density at radius 3 is 2.34 bits per heavy atom. The van der Waals surface area contributed by atoms with E-state index in [-0.39, 0.29) is 13.1 Å². The van der Waals surface area contributed by atoms with Gasteiger partial charge in [0.15, 0.2) is 6.23 Å². The maximum atomic E-state index is 11.9. The van der Waals surface area contributed by atoms with Gasteiger partial charge in [-0.3, -0.25) is 9.69 Å². The minimum atomic E-state index is -0.400. The molecule has 2 aromatic carbocycles. The summed E-state index contributed by atoms with van der Waals surface area (Å²) in [6.45, 7) is 6.57. The number of nitrogens with zero attached hydrogens (tertiary/aromatic N) is 1. The van der Waals surface area contributed by atoms with Crippen molar-refractivity contribution in [3.05, 3.63) is 78.4 Å². The van der Waals surface area contributed by atoms with Gasteiger partial charge in [-0.1, -0.05) is 60.7 Å². The van der Waals surface area contributed by atoms with Crippen LogP contribution < -0.4 is 4.74 Å². The van der Waals surface area contributed by atoms with E-state index in [2.05, 4.69) is 25.6 Å². The number of amides is 1. The standard InChI is InChI=1S/C14H17NO4.C7H8.CH2O2/c1-3-9-19-14(16)15-8-10-18-13(15)11-4-6-12(17-2)7-5-11;1-7-5-3-2-4-6-7;2-1-3/h3-7,13H,1,8-10H2,2H3;2-6H,1H3;1H,(H,2,3). The van der Waals surface area contributed by atoms with E-state index in [0.29, 0.717) is 13.2 Å². The molecule has 0 spiro atoms. The molecule has 7 heteroatoms. The number of carbonyl (C=O) groups excluding carboxylic acids is 1. The van der Waals surface area contributed by atoms with Gasteiger partial charge in [0.05, 0.1) is 20.3 Å². The van der Waals surface area contributed by atoms with E-state index in [1.807, 2.05) is 42.5 Å². The van der Waals surface area contributed by atoms with Crippen LogP contribution >= 0.6 is 0 Å². The summed E-state index contributed by atoms with van der Waals surface area (Å²) >= 11 is 0. The van der Waals surface area contributed by atoms with Gasteiger partial charge < -0.3 is 19.3 Å². The molecule has 0 radical (unpaired) electrons. The topological polar surface area (TPSA) is 85.3 Å². The third-order valence-corrected chi connectivity index (χ3v) is 3.79. The van der Waals surface area contributed by atoms with Gasteiger partial charge in [0.2, 0.25) is 0 Å². The zero-order valence-electron chi connectivity index (χ0n) is 16.7. The molecule has 1 atom stereocenters. The molecule has 0 aromatic heterocycles. The molecule has 1 N–H and O–H groups in total. The lowest BCUT2D eigenvalue weighted by atomic mass is 10.2. The van der Waals surface area contributed by atoms with Crippen LogP contribution in [0.1, 0.15) is 17.4 Å². The van der Waals surface area contributed by atoms with Crippen LogP contribution in [0, 0.1) is 6.92 Å². The van der Waals surface area contributed by atoms with Crippen molar-refractivity contribution in [1.29, 1.82) is 0 Å². The van der Waals surface area contributed by atoms with E-state index in [0.717, 1.165) is 11.3 Å². The molecule has 2 aromatic rings. The Balaban J connectivity index is 0.000000347. The van der Waals surface area contributed by atoms with Crippen LogP contribution in [0.4, 0.5) is 4.79 Å². The molecule has 3 rings (SSSR count). The summed E-state index contributed by atoms with van der Waals surface area (Å²) in [6, 6.07) is 17.7. The normalized spacial score (nSPS) is 14.4. The van der Waals surface area contributed by atoms with E-state index in [4.69, 9.17) is 24.1 Å². The summed E-state index contributed by atoms with van der Waals surface area (Å²) in [5.74, 6) is 0.766. The fourth-order valence-corrected chi connectivity index (χ4v) is 2.45. The number of aryl methyl sites for hydroxylation is 1. The third kappa shape index (κ3) is 8.49. The Hall–Kier alpha value is -3.32. The summed E-state index contributed by atoms with van der Waals surface area (Å²) in [5.41, 5.74) is 2.22. The van der Waals surface area contributed by atoms with Crippen LogP contribution in [0.25, 0.3) is 0 Å². The number of benzene rings is 2. The number of rotatable bonds is 4. The first-order chi connectivity index (χ1) is 14.1. The number of carbonyl (C=O) groups is 2. The molecule has 1 amide bonds. The van der Waals surface area contributed by atoms with Gasteiger partial charge >= 0.3 is 6.09 Å². The maximum Gasteiger partial charge on any atom is 0.412 e. The van der Waals surface area contributed by atoms with Crippen molar-refractivity contribution in [2.75, 3.05) is 26.9 Å². The molecule has 0 saturated carbocycles. The lowest BCUT2D eigenvalue weighted by molar-refractivity contribution is -0.122. The van der Waals surface area contributed by atoms with Crippen molar-refractivity contribution in [2.45, 2.75) is 13.2 Å². The molecule has 7 nitrogen and oxygen atoms in total. The minimum Gasteiger partial charge on any atom is -0.497 e. The Labute approximate surface area is 171 Å². The highest BCUT2D eigenvalue weighted by Gasteiger charge is 2.31. The van der Waals surface area contributed by atoms with Gasteiger partial charge in [0, 0.05) is 5.56 Å². The van der Waals surface area contributed by atoms with Gasteiger partial charge in [-0.2, -0.15) is 0 Å². The zero-order chi connectivity index (χ0) is 21.5. The summed E-state index contributed by atoms with van der Waals surface area (Å²) in [7, 11) is 1.61. The molecule has 1 aliphatic heterocycles. The van der Waals surface area contributed by atoms with Crippen molar-refractivity contribution in [2.24, 2.45) is 0 Å². The summed E-state index contributed by atoms with van der Waals surface area (Å²) in [4.78, 5) is 21.8. The van der Waals surface area contributed by atoms with E-state index in [9.17, 15) is 4.79 Å². The predicted octanol–water partition coefficient (Wildman–Crippen LogP) is 4.04. The van der Waals surface area contributed by atoms with Crippen molar-refractivity contribution in [3.63, 3.8) is 0 Å². The van der Waals surface area contributed by atoms with Gasteiger partial charge in [0.1, 0.15) is 12.4 Å². The molecular weight excluding hydrogens is 374 g/mol. The molecule has 0 bridgehead atoms. The summed E-state index contributed by atoms with van der Waals surface area (Å²) in [6.07, 6.45) is 0.749. The number of ether oxygens (including phenoxy) is 3. The number of hydrogen-bond donors (Lipinski definition) is 1. The Morgan fingerprint density at radius 2 is 1.86 bits per heavy atom. The number of methoxy groups -OCH3 is 1. The fraction of sp³-hybridized carbons (Fsp3) is 0.273. The highest BCUT2D eigenvalue weighted by Crippen LogP contribution is 2.28. The molecule has 156 valence electrons. The molecule has 29 heavy (non-hydrogen) atoms. The van der Waals surface area contributed by atoms with Crippen LogP contribution in [-0.2, 0) is 14.3 Å². The molecular formula is C22H27NO6. The predicted molar refractivity (Wildman–Crippen MR) is 110 cm³/mol. The highest BCUT2D eigenvalue weighted by molar-refractivity contribution is 5.68. The lowest BCUT2D eigenvalue weighted by Gasteiger charge is -2.22. The van der Waals surface area contributed by atoms with Crippen molar-refractivity contribution >= 4 is 12.6 Å². The average molecular weight is 401 g/mol. The Kier molecular flexibility index (Phi) is 11.3. The van der Waals surface area contributed by atoms with Crippen molar-refractivity contribution in [1.82, 2.24) is 4.90 Å². The second-order valence-corrected chi connectivity index (χ2v) is 5.82. The quantitative estimate of drug-likeness (QED) is 0.615. The second-order valence-electron chi connectivity index (χ2n) is 5.82. The maximum absolute atomic E-state index is 11.9. The van der Waals surface area contributed by atoms with Crippen molar-refractivity contribution < 1.29 is 28.9 Å². The number of hydrogen-bond acceptors (Lipinski definition) is 5. The SMILES string of the molecule is C=CCOC(=O)N1CCOC1c1ccc(OC)cc1.Cc1ccccc1.O=CO. The zero-order valence-corrected chi connectivity index (χ0v) is 16.7. The van der Waals surface area contributed by atoms with E-state index < -0.39 is 12.3 Å². The first-order valence-electron chi connectivity index (χ1n) is 8.96. The molecule has 0 aliphatic carbocycles. The number of carboxylic acid groups (broad SMARTS) is 1. The van der Waals surface area contributed by atoms with Gasteiger partial charge in [-0.05, 0) is 19.1 Å². The largest absolute Gasteiger partial charge is 0.497 e. The van der Waals surface area contributed by atoms with Gasteiger partial charge in [-0.15, -0.1) is 0 Å². The lowest BCUT2D eigenvalue weighted by Crippen LogP contribution is -2.31. The molecule has 1 heterocycles. The minimum absolute atomic E-state index is 0.199. The van der Waals surface area contributed by atoms with Crippen LogP contribution in [0.15, 0.2) is 67.3 Å². The monoisotopic (exact) mass is 401 g/mol. The van der Waals surface area contributed by atoms with Gasteiger partial charge in [0.25, 0.3) is 6.47 Å². The van der Waals surface area contributed by atoms with Crippen LogP contribution in [0.2, 0.25) is 0 Å². The van der Waals surface area contributed by atoms with Gasteiger partial charge in [-0.25, -0.2) is 4.79 Å².